The molecule has 32 heavy (non-hydrogen) atoms. The standard InChI is InChI=1S/C29H32N2O/c1-6-21-10-9-11-23(18-21)22-14-16-24(17-15-22)31-19-27(29(4,5)32)30-28(31)26-13-8-7-12-25(26)20(2)3/h7-20,32H,6H2,1-5H3. The summed E-state index contributed by atoms with van der Waals surface area (Å²) >= 11 is 0. The molecule has 0 saturated heterocycles. The Labute approximate surface area is 191 Å². The monoisotopic (exact) mass is 424 g/mol. The first-order valence-electron chi connectivity index (χ1n) is 11.4. The summed E-state index contributed by atoms with van der Waals surface area (Å²) in [7, 11) is 0. The second kappa shape index (κ2) is 8.76. The Morgan fingerprint density at radius 2 is 1.62 bits per heavy atom. The van der Waals surface area contributed by atoms with Crippen LogP contribution < -0.4 is 0 Å². The molecular weight excluding hydrogens is 392 g/mol. The molecule has 0 fully saturated rings. The van der Waals surface area contributed by atoms with Crippen molar-refractivity contribution in [1.29, 1.82) is 0 Å². The predicted octanol–water partition coefficient (Wildman–Crippen LogP) is 7.12. The van der Waals surface area contributed by atoms with Crippen molar-refractivity contribution in [2.75, 3.05) is 0 Å². The molecule has 0 atom stereocenters. The van der Waals surface area contributed by atoms with E-state index in [0.717, 1.165) is 23.5 Å². The van der Waals surface area contributed by atoms with Crippen molar-refractivity contribution >= 4 is 0 Å². The molecule has 4 aromatic rings. The highest BCUT2D eigenvalue weighted by Crippen LogP contribution is 2.33. The average Bonchev–Trinajstić information content (AvgIpc) is 3.25. The van der Waals surface area contributed by atoms with Crippen LogP contribution in [0.5, 0.6) is 0 Å². The van der Waals surface area contributed by atoms with Gasteiger partial charge in [-0.05, 0) is 60.6 Å². The smallest absolute Gasteiger partial charge is 0.145 e. The highest BCUT2D eigenvalue weighted by atomic mass is 16.3. The van der Waals surface area contributed by atoms with Gasteiger partial charge < -0.3 is 5.11 Å². The van der Waals surface area contributed by atoms with Gasteiger partial charge in [0.25, 0.3) is 0 Å². The Bertz CT molecular complexity index is 1210. The van der Waals surface area contributed by atoms with Gasteiger partial charge in [-0.1, -0.05) is 81.4 Å². The predicted molar refractivity (Wildman–Crippen MR) is 133 cm³/mol. The third-order valence-electron chi connectivity index (χ3n) is 5.97. The minimum atomic E-state index is -1.02. The zero-order chi connectivity index (χ0) is 22.9. The first kappa shape index (κ1) is 22.0. The molecule has 0 aliphatic carbocycles. The molecule has 0 amide bonds. The molecule has 0 bridgehead atoms. The lowest BCUT2D eigenvalue weighted by Crippen LogP contribution is -2.15. The largest absolute Gasteiger partial charge is 0.384 e. The summed E-state index contributed by atoms with van der Waals surface area (Å²) in [5, 5.41) is 10.7. The molecule has 1 aromatic heterocycles. The molecule has 1 heterocycles. The van der Waals surface area contributed by atoms with E-state index in [2.05, 4.69) is 92.1 Å². The summed E-state index contributed by atoms with van der Waals surface area (Å²) < 4.78 is 2.10. The molecule has 4 rings (SSSR count). The number of aryl methyl sites for hydroxylation is 1. The number of aliphatic hydroxyl groups is 1. The van der Waals surface area contributed by atoms with Gasteiger partial charge in [-0.2, -0.15) is 0 Å². The van der Waals surface area contributed by atoms with E-state index in [-0.39, 0.29) is 0 Å². The first-order chi connectivity index (χ1) is 15.3. The number of rotatable bonds is 6. The number of hydrogen-bond donors (Lipinski definition) is 1. The molecule has 0 spiro atoms. The molecular formula is C29H32N2O. The van der Waals surface area contributed by atoms with Crippen LogP contribution in [0.25, 0.3) is 28.2 Å². The van der Waals surface area contributed by atoms with Gasteiger partial charge in [0, 0.05) is 17.4 Å². The molecule has 0 unspecified atom stereocenters. The van der Waals surface area contributed by atoms with Crippen LogP contribution in [0, 0.1) is 0 Å². The van der Waals surface area contributed by atoms with E-state index in [1.165, 1.54) is 22.3 Å². The van der Waals surface area contributed by atoms with Gasteiger partial charge >= 0.3 is 0 Å². The third kappa shape index (κ3) is 4.39. The highest BCUT2D eigenvalue weighted by Gasteiger charge is 2.24. The van der Waals surface area contributed by atoms with Gasteiger partial charge in [0.15, 0.2) is 0 Å². The van der Waals surface area contributed by atoms with Crippen molar-refractivity contribution in [3.8, 4) is 28.2 Å². The van der Waals surface area contributed by atoms with Crippen LogP contribution in [0.4, 0.5) is 0 Å². The zero-order valence-electron chi connectivity index (χ0n) is 19.6. The summed E-state index contributed by atoms with van der Waals surface area (Å²) in [6, 6.07) is 25.7. The van der Waals surface area contributed by atoms with Crippen LogP contribution in [0.15, 0.2) is 79.0 Å². The van der Waals surface area contributed by atoms with Crippen molar-refractivity contribution in [2.45, 2.75) is 52.6 Å². The van der Waals surface area contributed by atoms with E-state index in [9.17, 15) is 5.11 Å². The van der Waals surface area contributed by atoms with Crippen molar-refractivity contribution in [1.82, 2.24) is 9.55 Å². The Balaban J connectivity index is 1.82. The second-order valence-corrected chi connectivity index (χ2v) is 9.22. The lowest BCUT2D eigenvalue weighted by atomic mass is 9.96. The van der Waals surface area contributed by atoms with E-state index in [1.54, 1.807) is 13.8 Å². The van der Waals surface area contributed by atoms with Crippen LogP contribution in [0.1, 0.15) is 57.4 Å². The Morgan fingerprint density at radius 3 is 2.28 bits per heavy atom. The van der Waals surface area contributed by atoms with Gasteiger partial charge in [0.2, 0.25) is 0 Å². The maximum absolute atomic E-state index is 10.7. The fourth-order valence-corrected chi connectivity index (χ4v) is 4.05. The Morgan fingerprint density at radius 1 is 0.906 bits per heavy atom. The van der Waals surface area contributed by atoms with Gasteiger partial charge in [-0.3, -0.25) is 4.57 Å². The highest BCUT2D eigenvalue weighted by molar-refractivity contribution is 5.68. The van der Waals surface area contributed by atoms with Crippen LogP contribution in [0.3, 0.4) is 0 Å². The molecule has 164 valence electrons. The summed E-state index contributed by atoms with van der Waals surface area (Å²) in [5.41, 5.74) is 6.76. The molecule has 3 heteroatoms. The second-order valence-electron chi connectivity index (χ2n) is 9.22. The number of nitrogens with zero attached hydrogens (tertiary/aromatic N) is 2. The van der Waals surface area contributed by atoms with Gasteiger partial charge in [0.1, 0.15) is 11.4 Å². The summed E-state index contributed by atoms with van der Waals surface area (Å²) in [4.78, 5) is 4.89. The quantitative estimate of drug-likeness (QED) is 0.358. The van der Waals surface area contributed by atoms with Gasteiger partial charge in [-0.15, -0.1) is 0 Å². The minimum Gasteiger partial charge on any atom is -0.384 e. The van der Waals surface area contributed by atoms with Crippen molar-refractivity contribution in [2.24, 2.45) is 0 Å². The van der Waals surface area contributed by atoms with E-state index < -0.39 is 5.60 Å². The molecule has 0 radical (unpaired) electrons. The Kier molecular flexibility index (Phi) is 6.03. The lowest BCUT2D eigenvalue weighted by molar-refractivity contribution is 0.0743. The fraction of sp³-hybridized carbons (Fsp3) is 0.276. The molecule has 0 saturated carbocycles. The van der Waals surface area contributed by atoms with Crippen molar-refractivity contribution in [3.05, 3.63) is 95.8 Å². The summed E-state index contributed by atoms with van der Waals surface area (Å²) in [6.07, 6.45) is 2.98. The average molecular weight is 425 g/mol. The van der Waals surface area contributed by atoms with Crippen LogP contribution in [-0.4, -0.2) is 14.7 Å². The topological polar surface area (TPSA) is 38.0 Å². The first-order valence-corrected chi connectivity index (χ1v) is 11.4. The van der Waals surface area contributed by atoms with E-state index in [4.69, 9.17) is 4.98 Å². The SMILES string of the molecule is CCc1cccc(-c2ccc(-n3cc(C(C)(C)O)nc3-c3ccccc3C(C)C)cc2)c1. The number of hydrogen-bond acceptors (Lipinski definition) is 2. The molecule has 3 aromatic carbocycles. The molecule has 3 nitrogen and oxygen atoms in total. The van der Waals surface area contributed by atoms with Crippen LogP contribution in [-0.2, 0) is 12.0 Å². The summed E-state index contributed by atoms with van der Waals surface area (Å²) in [6.45, 7) is 10.1. The third-order valence-corrected chi connectivity index (χ3v) is 5.97. The minimum absolute atomic E-state index is 0.371. The van der Waals surface area contributed by atoms with Crippen molar-refractivity contribution in [3.63, 3.8) is 0 Å². The molecule has 1 N–H and O–H groups in total. The zero-order valence-corrected chi connectivity index (χ0v) is 19.6. The maximum atomic E-state index is 10.7. The normalized spacial score (nSPS) is 11.8. The van der Waals surface area contributed by atoms with E-state index in [0.29, 0.717) is 11.6 Å². The molecule has 0 aliphatic heterocycles. The fourth-order valence-electron chi connectivity index (χ4n) is 4.05. The van der Waals surface area contributed by atoms with Gasteiger partial charge in [0.05, 0.1) is 5.69 Å². The summed E-state index contributed by atoms with van der Waals surface area (Å²) in [5.74, 6) is 1.22. The Hall–Kier alpha value is -3.17. The number of benzene rings is 3. The maximum Gasteiger partial charge on any atom is 0.145 e. The van der Waals surface area contributed by atoms with E-state index in [1.807, 2.05) is 12.3 Å². The molecule has 0 aliphatic rings. The number of imidazole rings is 1. The van der Waals surface area contributed by atoms with Crippen LogP contribution in [0.2, 0.25) is 0 Å². The van der Waals surface area contributed by atoms with E-state index >= 15 is 0 Å². The van der Waals surface area contributed by atoms with Gasteiger partial charge in [-0.25, -0.2) is 4.98 Å². The van der Waals surface area contributed by atoms with Crippen LogP contribution >= 0.6 is 0 Å². The number of aromatic nitrogens is 2. The lowest BCUT2D eigenvalue weighted by Gasteiger charge is -2.14. The van der Waals surface area contributed by atoms with Crippen molar-refractivity contribution < 1.29 is 5.11 Å².